The van der Waals surface area contributed by atoms with Crippen molar-refractivity contribution in [1.82, 2.24) is 10.1 Å². The van der Waals surface area contributed by atoms with Gasteiger partial charge in [0.1, 0.15) is 5.76 Å². The van der Waals surface area contributed by atoms with E-state index in [-0.39, 0.29) is 11.9 Å². The zero-order valence-corrected chi connectivity index (χ0v) is 13.4. The van der Waals surface area contributed by atoms with Gasteiger partial charge in [0.25, 0.3) is 0 Å². The monoisotopic (exact) mass is 293 g/mol. The van der Waals surface area contributed by atoms with E-state index < -0.39 is 0 Å². The molecule has 0 radical (unpaired) electrons. The van der Waals surface area contributed by atoms with Crippen molar-refractivity contribution in [3.63, 3.8) is 0 Å². The van der Waals surface area contributed by atoms with Crippen LogP contribution in [-0.2, 0) is 24.1 Å². The number of carbonyl (C=O) groups is 1. The highest BCUT2D eigenvalue weighted by atomic mass is 16.5. The van der Waals surface area contributed by atoms with Crippen molar-refractivity contribution in [2.75, 3.05) is 13.1 Å². The maximum absolute atomic E-state index is 12.7. The van der Waals surface area contributed by atoms with Crippen molar-refractivity contribution in [2.45, 2.75) is 58.9 Å². The van der Waals surface area contributed by atoms with Gasteiger partial charge in [-0.3, -0.25) is 4.79 Å². The van der Waals surface area contributed by atoms with Crippen LogP contribution in [0.15, 0.2) is 4.52 Å². The number of piperidine rings is 1. The quantitative estimate of drug-likeness (QED) is 0.900. The Labute approximate surface area is 126 Å². The van der Waals surface area contributed by atoms with Gasteiger partial charge in [0.05, 0.1) is 12.1 Å². The number of hydrogen-bond acceptors (Lipinski definition) is 4. The number of amides is 1. The van der Waals surface area contributed by atoms with Crippen LogP contribution in [-0.4, -0.2) is 35.1 Å². The van der Waals surface area contributed by atoms with Crippen molar-refractivity contribution in [2.24, 2.45) is 11.7 Å². The van der Waals surface area contributed by atoms with Crippen LogP contribution < -0.4 is 5.73 Å². The smallest absolute Gasteiger partial charge is 0.227 e. The van der Waals surface area contributed by atoms with Gasteiger partial charge in [0.2, 0.25) is 5.91 Å². The average molecular weight is 293 g/mol. The van der Waals surface area contributed by atoms with Gasteiger partial charge in [0.15, 0.2) is 0 Å². The number of rotatable bonds is 5. The standard InChI is InChI=1S/C16H27N3O2/c1-4-13-12(15(5-2)21-18-13)9-16(20)19-8-6-7-11(3)14(19)10-17/h11,14H,4-10,17H2,1-3H3/t11-,14-/m1/s1. The minimum absolute atomic E-state index is 0.157. The highest BCUT2D eigenvalue weighted by molar-refractivity contribution is 5.79. The van der Waals surface area contributed by atoms with E-state index in [9.17, 15) is 4.79 Å². The molecule has 0 bridgehead atoms. The van der Waals surface area contributed by atoms with Gasteiger partial charge in [-0.05, 0) is 25.2 Å². The fourth-order valence-electron chi connectivity index (χ4n) is 3.31. The molecule has 0 spiro atoms. The zero-order valence-electron chi connectivity index (χ0n) is 13.4. The lowest BCUT2D eigenvalue weighted by atomic mass is 9.90. The molecule has 2 heterocycles. The van der Waals surface area contributed by atoms with E-state index in [4.69, 9.17) is 10.3 Å². The molecule has 1 aromatic heterocycles. The minimum Gasteiger partial charge on any atom is -0.361 e. The Bertz CT molecular complexity index is 462. The summed E-state index contributed by atoms with van der Waals surface area (Å²) >= 11 is 0. The van der Waals surface area contributed by atoms with E-state index in [0.29, 0.717) is 18.9 Å². The van der Waals surface area contributed by atoms with Crippen LogP contribution in [0.5, 0.6) is 0 Å². The molecule has 1 saturated heterocycles. The molecule has 21 heavy (non-hydrogen) atoms. The topological polar surface area (TPSA) is 72.4 Å². The number of aromatic nitrogens is 1. The number of nitrogens with two attached hydrogens (primary N) is 1. The van der Waals surface area contributed by atoms with Crippen LogP contribution in [0.25, 0.3) is 0 Å². The number of hydrogen-bond donors (Lipinski definition) is 1. The Morgan fingerprint density at radius 3 is 2.81 bits per heavy atom. The van der Waals surface area contributed by atoms with Crippen LogP contribution in [0.2, 0.25) is 0 Å². The number of aryl methyl sites for hydroxylation is 2. The summed E-state index contributed by atoms with van der Waals surface area (Å²) in [5.74, 6) is 1.48. The Kier molecular flexibility index (Phi) is 5.39. The van der Waals surface area contributed by atoms with Crippen LogP contribution in [0.3, 0.4) is 0 Å². The highest BCUT2D eigenvalue weighted by Crippen LogP contribution is 2.24. The lowest BCUT2D eigenvalue weighted by Crippen LogP contribution is -2.51. The fourth-order valence-corrected chi connectivity index (χ4v) is 3.31. The van der Waals surface area contributed by atoms with Crippen LogP contribution in [0.1, 0.15) is 50.6 Å². The molecule has 2 rings (SSSR count). The molecule has 1 aliphatic heterocycles. The molecule has 1 aliphatic rings. The van der Waals surface area contributed by atoms with E-state index >= 15 is 0 Å². The summed E-state index contributed by atoms with van der Waals surface area (Å²) in [6.07, 6.45) is 4.17. The second kappa shape index (κ2) is 7.07. The second-order valence-corrected chi connectivity index (χ2v) is 5.92. The number of nitrogens with zero attached hydrogens (tertiary/aromatic N) is 2. The van der Waals surface area contributed by atoms with Gasteiger partial charge in [-0.25, -0.2) is 0 Å². The molecule has 5 heteroatoms. The first-order valence-corrected chi connectivity index (χ1v) is 8.08. The largest absolute Gasteiger partial charge is 0.361 e. The summed E-state index contributed by atoms with van der Waals surface area (Å²) in [6, 6.07) is 0.168. The molecule has 1 amide bonds. The third kappa shape index (κ3) is 3.28. The summed E-state index contributed by atoms with van der Waals surface area (Å²) in [5, 5.41) is 4.09. The van der Waals surface area contributed by atoms with Crippen LogP contribution in [0.4, 0.5) is 0 Å². The van der Waals surface area contributed by atoms with E-state index in [1.165, 1.54) is 0 Å². The second-order valence-electron chi connectivity index (χ2n) is 5.92. The Morgan fingerprint density at radius 2 is 2.19 bits per heavy atom. The fraction of sp³-hybridized carbons (Fsp3) is 0.750. The molecular formula is C16H27N3O2. The van der Waals surface area contributed by atoms with Crippen molar-refractivity contribution in [1.29, 1.82) is 0 Å². The highest BCUT2D eigenvalue weighted by Gasteiger charge is 2.31. The van der Waals surface area contributed by atoms with Gasteiger partial charge in [-0.2, -0.15) is 0 Å². The van der Waals surface area contributed by atoms with Gasteiger partial charge in [0, 0.05) is 31.1 Å². The SMILES string of the molecule is CCc1noc(CC)c1CC(=O)N1CCC[C@@H](C)[C@H]1CN. The molecule has 1 aromatic rings. The maximum Gasteiger partial charge on any atom is 0.227 e. The molecule has 0 aromatic carbocycles. The van der Waals surface area contributed by atoms with Gasteiger partial charge >= 0.3 is 0 Å². The summed E-state index contributed by atoms with van der Waals surface area (Å²) in [5.41, 5.74) is 7.78. The van der Waals surface area contributed by atoms with E-state index in [1.54, 1.807) is 0 Å². The molecule has 5 nitrogen and oxygen atoms in total. The molecular weight excluding hydrogens is 266 g/mol. The number of carbonyl (C=O) groups excluding carboxylic acids is 1. The average Bonchev–Trinajstić information content (AvgIpc) is 2.88. The van der Waals surface area contributed by atoms with Crippen molar-refractivity contribution >= 4 is 5.91 Å². The summed E-state index contributed by atoms with van der Waals surface area (Å²) in [6.45, 7) is 7.61. The predicted molar refractivity (Wildman–Crippen MR) is 81.9 cm³/mol. The minimum atomic E-state index is 0.157. The van der Waals surface area contributed by atoms with Crippen LogP contribution >= 0.6 is 0 Å². The first kappa shape index (κ1) is 16.0. The van der Waals surface area contributed by atoms with Crippen molar-refractivity contribution < 1.29 is 9.32 Å². The lowest BCUT2D eigenvalue weighted by Gasteiger charge is -2.39. The van der Waals surface area contributed by atoms with E-state index in [2.05, 4.69) is 12.1 Å². The van der Waals surface area contributed by atoms with E-state index in [1.807, 2.05) is 18.7 Å². The molecule has 1 fully saturated rings. The van der Waals surface area contributed by atoms with Crippen LogP contribution in [0, 0.1) is 5.92 Å². The lowest BCUT2D eigenvalue weighted by molar-refractivity contribution is -0.135. The molecule has 0 aliphatic carbocycles. The summed E-state index contributed by atoms with van der Waals surface area (Å²) in [7, 11) is 0. The normalized spacial score (nSPS) is 22.6. The van der Waals surface area contributed by atoms with Gasteiger partial charge in [-0.1, -0.05) is 25.9 Å². The Balaban J connectivity index is 2.15. The molecule has 2 atom stereocenters. The Morgan fingerprint density at radius 1 is 1.43 bits per heavy atom. The van der Waals surface area contributed by atoms with Gasteiger partial charge in [-0.15, -0.1) is 0 Å². The predicted octanol–water partition coefficient (Wildman–Crippen LogP) is 1.93. The third-order valence-corrected chi connectivity index (χ3v) is 4.61. The zero-order chi connectivity index (χ0) is 15.4. The summed E-state index contributed by atoms with van der Waals surface area (Å²) in [4.78, 5) is 14.7. The van der Waals surface area contributed by atoms with E-state index in [0.717, 1.165) is 49.2 Å². The first-order chi connectivity index (χ1) is 10.1. The molecule has 2 N–H and O–H groups in total. The maximum atomic E-state index is 12.7. The first-order valence-electron chi connectivity index (χ1n) is 8.08. The third-order valence-electron chi connectivity index (χ3n) is 4.61. The molecule has 0 saturated carbocycles. The number of likely N-dealkylation sites (tertiary alicyclic amines) is 1. The molecule has 0 unspecified atom stereocenters. The van der Waals surface area contributed by atoms with Gasteiger partial charge < -0.3 is 15.2 Å². The summed E-state index contributed by atoms with van der Waals surface area (Å²) < 4.78 is 5.35. The molecule has 118 valence electrons. The Hall–Kier alpha value is -1.36. The van der Waals surface area contributed by atoms with Crippen molar-refractivity contribution in [3.8, 4) is 0 Å². The van der Waals surface area contributed by atoms with Crippen molar-refractivity contribution in [3.05, 3.63) is 17.0 Å².